The van der Waals surface area contributed by atoms with Crippen LogP contribution in [-0.4, -0.2) is 39.3 Å². The van der Waals surface area contributed by atoms with Gasteiger partial charge in [0.1, 0.15) is 4.90 Å². The van der Waals surface area contributed by atoms with Crippen LogP contribution in [-0.2, 0) is 21.2 Å². The van der Waals surface area contributed by atoms with Gasteiger partial charge in [0.15, 0.2) is 0 Å². The van der Waals surface area contributed by atoms with E-state index in [1.165, 1.54) is 24.5 Å². The van der Waals surface area contributed by atoms with Crippen molar-refractivity contribution in [3.05, 3.63) is 65.7 Å². The summed E-state index contributed by atoms with van der Waals surface area (Å²) in [4.78, 5) is 14.4. The van der Waals surface area contributed by atoms with Gasteiger partial charge < -0.3 is 4.90 Å². The summed E-state index contributed by atoms with van der Waals surface area (Å²) in [5.74, 6) is -0.219. The van der Waals surface area contributed by atoms with E-state index in [1.54, 1.807) is 23.1 Å². The fraction of sp³-hybridized carbons (Fsp3) is 0.211. The maximum Gasteiger partial charge on any atom is 0.251 e. The highest BCUT2D eigenvalue weighted by molar-refractivity contribution is 7.89. The van der Waals surface area contributed by atoms with Gasteiger partial charge in [-0.1, -0.05) is 42.5 Å². The average molecular weight is 356 g/mol. The molecule has 0 unspecified atom stereocenters. The zero-order valence-corrected chi connectivity index (χ0v) is 15.0. The van der Waals surface area contributed by atoms with E-state index in [0.29, 0.717) is 18.7 Å². The van der Waals surface area contributed by atoms with Crippen molar-refractivity contribution in [1.82, 2.24) is 4.31 Å². The lowest BCUT2D eigenvalue weighted by Gasteiger charge is -2.21. The standard InChI is InChI=1S/C19H20N2O3S/c1-20(2)25(23,24)17-10-6-9-16-13-14-21(19(16)17)18(22)12-11-15-7-4-3-5-8-15/h3-12H,13-14H2,1-2H3/b12-11+. The van der Waals surface area contributed by atoms with E-state index in [0.717, 1.165) is 11.1 Å². The highest BCUT2D eigenvalue weighted by Crippen LogP contribution is 2.35. The number of hydrogen-bond acceptors (Lipinski definition) is 3. The van der Waals surface area contributed by atoms with Gasteiger partial charge in [-0.15, -0.1) is 0 Å². The summed E-state index contributed by atoms with van der Waals surface area (Å²) in [6.45, 7) is 0.479. The van der Waals surface area contributed by atoms with Crippen LogP contribution in [0.25, 0.3) is 6.08 Å². The quantitative estimate of drug-likeness (QED) is 0.791. The third-order valence-corrected chi connectivity index (χ3v) is 6.05. The molecule has 2 aromatic rings. The average Bonchev–Trinajstić information content (AvgIpc) is 3.04. The summed E-state index contributed by atoms with van der Waals surface area (Å²) in [5, 5.41) is 0. The number of carbonyl (C=O) groups excluding carboxylic acids is 1. The number of hydrogen-bond donors (Lipinski definition) is 0. The van der Waals surface area contributed by atoms with Crippen LogP contribution in [0.1, 0.15) is 11.1 Å². The van der Waals surface area contributed by atoms with E-state index in [4.69, 9.17) is 0 Å². The van der Waals surface area contributed by atoms with Crippen molar-refractivity contribution in [1.29, 1.82) is 0 Å². The van der Waals surface area contributed by atoms with Crippen LogP contribution in [0.15, 0.2) is 59.5 Å². The zero-order chi connectivity index (χ0) is 18.0. The lowest BCUT2D eigenvalue weighted by atomic mass is 10.2. The molecule has 1 amide bonds. The molecule has 3 rings (SSSR count). The lowest BCUT2D eigenvalue weighted by molar-refractivity contribution is -0.114. The molecule has 0 radical (unpaired) electrons. The Kier molecular flexibility index (Phi) is 4.74. The minimum Gasteiger partial charge on any atom is -0.307 e. The summed E-state index contributed by atoms with van der Waals surface area (Å²) in [6, 6.07) is 14.7. The normalized spacial score (nSPS) is 14.3. The molecule has 0 saturated heterocycles. The molecule has 0 spiro atoms. The van der Waals surface area contributed by atoms with Gasteiger partial charge in [-0.3, -0.25) is 4.79 Å². The second kappa shape index (κ2) is 6.82. The van der Waals surface area contributed by atoms with Crippen LogP contribution in [0.4, 0.5) is 5.69 Å². The summed E-state index contributed by atoms with van der Waals surface area (Å²) < 4.78 is 26.4. The van der Waals surface area contributed by atoms with E-state index >= 15 is 0 Å². The van der Waals surface area contributed by atoms with Gasteiger partial charge in [0, 0.05) is 26.7 Å². The molecule has 0 fully saturated rings. The van der Waals surface area contributed by atoms with Crippen molar-refractivity contribution >= 4 is 27.7 Å². The third-order valence-electron chi connectivity index (χ3n) is 4.20. The first kappa shape index (κ1) is 17.4. The summed E-state index contributed by atoms with van der Waals surface area (Å²) in [6.07, 6.45) is 3.88. The van der Waals surface area contributed by atoms with Crippen molar-refractivity contribution in [3.63, 3.8) is 0 Å². The van der Waals surface area contributed by atoms with Gasteiger partial charge in [-0.05, 0) is 29.7 Å². The van der Waals surface area contributed by atoms with Crippen LogP contribution in [0.2, 0.25) is 0 Å². The molecular weight excluding hydrogens is 336 g/mol. The number of carbonyl (C=O) groups is 1. The van der Waals surface area contributed by atoms with Crippen molar-refractivity contribution in [2.75, 3.05) is 25.5 Å². The number of nitrogens with zero attached hydrogens (tertiary/aromatic N) is 2. The Balaban J connectivity index is 1.96. The monoisotopic (exact) mass is 356 g/mol. The molecule has 1 aliphatic rings. The first-order chi connectivity index (χ1) is 11.9. The van der Waals surface area contributed by atoms with Crippen molar-refractivity contribution in [3.8, 4) is 0 Å². The van der Waals surface area contributed by atoms with Crippen molar-refractivity contribution in [2.45, 2.75) is 11.3 Å². The van der Waals surface area contributed by atoms with Crippen LogP contribution in [0.3, 0.4) is 0 Å². The summed E-state index contributed by atoms with van der Waals surface area (Å²) in [5.41, 5.74) is 2.30. The van der Waals surface area contributed by atoms with E-state index in [2.05, 4.69) is 0 Å². The Labute approximate surface area is 148 Å². The van der Waals surface area contributed by atoms with Gasteiger partial charge in [-0.25, -0.2) is 12.7 Å². The zero-order valence-electron chi connectivity index (χ0n) is 14.2. The Morgan fingerprint density at radius 1 is 1.08 bits per heavy atom. The molecule has 0 aromatic heterocycles. The molecule has 0 bridgehead atoms. The topological polar surface area (TPSA) is 57.7 Å². The van der Waals surface area contributed by atoms with Crippen LogP contribution < -0.4 is 4.90 Å². The molecule has 0 N–H and O–H groups in total. The number of para-hydroxylation sites is 1. The van der Waals surface area contributed by atoms with E-state index < -0.39 is 10.0 Å². The Hall–Kier alpha value is -2.44. The van der Waals surface area contributed by atoms with Gasteiger partial charge in [0.2, 0.25) is 10.0 Å². The molecule has 5 nitrogen and oxygen atoms in total. The SMILES string of the molecule is CN(C)S(=O)(=O)c1cccc2c1N(C(=O)/C=C/c1ccccc1)CC2. The number of amides is 1. The number of benzene rings is 2. The smallest absolute Gasteiger partial charge is 0.251 e. The van der Waals surface area contributed by atoms with Crippen molar-refractivity contribution in [2.24, 2.45) is 0 Å². The number of anilines is 1. The molecule has 1 aliphatic heterocycles. The van der Waals surface area contributed by atoms with Crippen LogP contribution >= 0.6 is 0 Å². The fourth-order valence-electron chi connectivity index (χ4n) is 2.87. The maximum absolute atomic E-state index is 12.7. The minimum absolute atomic E-state index is 0.175. The predicted molar refractivity (Wildman–Crippen MR) is 98.8 cm³/mol. The van der Waals surface area contributed by atoms with Crippen LogP contribution in [0, 0.1) is 0 Å². The molecular formula is C19H20N2O3S. The van der Waals surface area contributed by atoms with Gasteiger partial charge in [0.25, 0.3) is 5.91 Å². The maximum atomic E-state index is 12.7. The first-order valence-corrected chi connectivity index (χ1v) is 9.44. The molecule has 0 aliphatic carbocycles. The van der Waals surface area contributed by atoms with E-state index in [9.17, 15) is 13.2 Å². The second-order valence-electron chi connectivity index (χ2n) is 6.04. The predicted octanol–water partition coefficient (Wildman–Crippen LogP) is 2.54. The second-order valence-corrected chi connectivity index (χ2v) is 8.16. The molecule has 1 heterocycles. The Morgan fingerprint density at radius 2 is 1.80 bits per heavy atom. The minimum atomic E-state index is -3.62. The highest BCUT2D eigenvalue weighted by Gasteiger charge is 2.31. The van der Waals surface area contributed by atoms with Gasteiger partial charge >= 0.3 is 0 Å². The van der Waals surface area contributed by atoms with Gasteiger partial charge in [-0.2, -0.15) is 0 Å². The molecule has 0 saturated carbocycles. The molecule has 130 valence electrons. The van der Waals surface area contributed by atoms with E-state index in [1.807, 2.05) is 36.4 Å². The molecule has 2 aromatic carbocycles. The van der Waals surface area contributed by atoms with Crippen molar-refractivity contribution < 1.29 is 13.2 Å². The largest absolute Gasteiger partial charge is 0.307 e. The highest BCUT2D eigenvalue weighted by atomic mass is 32.2. The fourth-order valence-corrected chi connectivity index (χ4v) is 4.00. The Morgan fingerprint density at radius 3 is 2.48 bits per heavy atom. The number of fused-ring (bicyclic) bond motifs is 1. The molecule has 25 heavy (non-hydrogen) atoms. The summed E-state index contributed by atoms with van der Waals surface area (Å²) in [7, 11) is -0.638. The molecule has 0 atom stereocenters. The molecule has 6 heteroatoms. The third kappa shape index (κ3) is 3.36. The van der Waals surface area contributed by atoms with Crippen LogP contribution in [0.5, 0.6) is 0 Å². The number of rotatable bonds is 4. The number of sulfonamides is 1. The summed E-state index contributed by atoms with van der Waals surface area (Å²) >= 11 is 0. The Bertz CT molecular complexity index is 919. The first-order valence-electron chi connectivity index (χ1n) is 8.00. The van der Waals surface area contributed by atoms with E-state index in [-0.39, 0.29) is 10.8 Å². The lowest BCUT2D eigenvalue weighted by Crippen LogP contribution is -2.30. The van der Waals surface area contributed by atoms with Gasteiger partial charge in [0.05, 0.1) is 5.69 Å².